The fourth-order valence-corrected chi connectivity index (χ4v) is 3.05. The van der Waals surface area contributed by atoms with Crippen LogP contribution in [0.2, 0.25) is 0 Å². The number of hydrogen-bond donors (Lipinski definition) is 0. The van der Waals surface area contributed by atoms with Crippen LogP contribution in [-0.2, 0) is 14.3 Å². The molecule has 1 unspecified atom stereocenters. The average Bonchev–Trinajstić information content (AvgIpc) is 2.56. The number of hydrogen-bond acceptors (Lipinski definition) is 6. The summed E-state index contributed by atoms with van der Waals surface area (Å²) in [5.74, 6) is -0.383. The predicted molar refractivity (Wildman–Crippen MR) is 94.1 cm³/mol. The van der Waals surface area contributed by atoms with Gasteiger partial charge in [-0.15, -0.1) is 0 Å². The fraction of sp³-hybridized carbons (Fsp3) is 0.500. The van der Waals surface area contributed by atoms with Gasteiger partial charge < -0.3 is 14.4 Å². The molecule has 0 saturated carbocycles. The number of carbonyl (C=O) groups excluding carboxylic acids is 1. The molecule has 0 fully saturated rings. The number of rotatable bonds is 7. The number of nitro groups is 1. The second-order valence-corrected chi connectivity index (χ2v) is 6.11. The van der Waals surface area contributed by atoms with Crippen molar-refractivity contribution in [1.29, 1.82) is 0 Å². The maximum Gasteiger partial charge on any atom is 0.335 e. The lowest BCUT2D eigenvalue weighted by Crippen LogP contribution is -2.43. The minimum Gasteiger partial charge on any atom is -0.460 e. The normalized spacial score (nSPS) is 17.6. The molecule has 2 rings (SSSR count). The zero-order chi connectivity index (χ0) is 18.4. The summed E-state index contributed by atoms with van der Waals surface area (Å²) in [6, 6.07) is 7.47. The molecule has 0 spiro atoms. The van der Waals surface area contributed by atoms with Crippen molar-refractivity contribution in [1.82, 2.24) is 0 Å². The van der Waals surface area contributed by atoms with Crippen molar-refractivity contribution in [3.63, 3.8) is 0 Å². The van der Waals surface area contributed by atoms with E-state index in [1.807, 2.05) is 43.0 Å². The number of benzene rings is 1. The van der Waals surface area contributed by atoms with E-state index in [0.717, 1.165) is 11.3 Å². The molecular formula is C18H24N2O5. The largest absolute Gasteiger partial charge is 0.460 e. The Kier molecular flexibility index (Phi) is 6.52. The monoisotopic (exact) mass is 348 g/mol. The van der Waals surface area contributed by atoms with Crippen LogP contribution < -0.4 is 4.90 Å². The molecule has 1 heterocycles. The molecule has 0 amide bonds. The molecular weight excluding hydrogens is 324 g/mol. The van der Waals surface area contributed by atoms with E-state index in [-0.39, 0.29) is 30.1 Å². The first kappa shape index (κ1) is 18.9. The number of nitrogens with zero attached hydrogens (tertiary/aromatic N) is 2. The van der Waals surface area contributed by atoms with Crippen molar-refractivity contribution in [3.8, 4) is 0 Å². The highest BCUT2D eigenvalue weighted by molar-refractivity contribution is 5.90. The third-order valence-electron chi connectivity index (χ3n) is 4.33. The van der Waals surface area contributed by atoms with Crippen molar-refractivity contribution >= 4 is 11.7 Å². The van der Waals surface area contributed by atoms with Gasteiger partial charge in [-0.2, -0.15) is 0 Å². The van der Waals surface area contributed by atoms with Crippen LogP contribution in [0.25, 0.3) is 0 Å². The molecule has 0 radical (unpaired) electrons. The van der Waals surface area contributed by atoms with Gasteiger partial charge in [-0.3, -0.25) is 10.1 Å². The van der Waals surface area contributed by atoms with Crippen LogP contribution in [0.3, 0.4) is 0 Å². The minimum atomic E-state index is -0.383. The van der Waals surface area contributed by atoms with E-state index in [4.69, 9.17) is 9.47 Å². The maximum atomic E-state index is 12.3. The van der Waals surface area contributed by atoms with Crippen LogP contribution in [0.1, 0.15) is 25.3 Å². The minimum absolute atomic E-state index is 0.169. The van der Waals surface area contributed by atoms with Gasteiger partial charge in [-0.05, 0) is 38.8 Å². The average molecular weight is 348 g/mol. The molecule has 1 aromatic carbocycles. The predicted octanol–water partition coefficient (Wildman–Crippen LogP) is 2.70. The summed E-state index contributed by atoms with van der Waals surface area (Å²) in [6.45, 7) is 4.16. The third kappa shape index (κ3) is 4.79. The van der Waals surface area contributed by atoms with Gasteiger partial charge in [0, 0.05) is 23.4 Å². The van der Waals surface area contributed by atoms with Gasteiger partial charge in [0.2, 0.25) is 6.54 Å². The number of ether oxygens (including phenoxy) is 2. The molecule has 0 saturated heterocycles. The first-order valence-electron chi connectivity index (χ1n) is 8.27. The molecule has 1 aliphatic heterocycles. The smallest absolute Gasteiger partial charge is 0.335 e. The van der Waals surface area contributed by atoms with E-state index >= 15 is 0 Å². The van der Waals surface area contributed by atoms with Gasteiger partial charge in [0.25, 0.3) is 0 Å². The molecule has 1 aromatic rings. The molecule has 1 aliphatic rings. The molecule has 0 aromatic heterocycles. The molecule has 7 nitrogen and oxygen atoms in total. The Morgan fingerprint density at radius 3 is 2.56 bits per heavy atom. The summed E-state index contributed by atoms with van der Waals surface area (Å²) in [4.78, 5) is 25.0. The van der Waals surface area contributed by atoms with Crippen LogP contribution in [0.15, 0.2) is 35.5 Å². The topological polar surface area (TPSA) is 81.9 Å². The van der Waals surface area contributed by atoms with E-state index < -0.39 is 0 Å². The van der Waals surface area contributed by atoms with Gasteiger partial charge in [0.05, 0.1) is 18.2 Å². The Labute approximate surface area is 147 Å². The van der Waals surface area contributed by atoms with E-state index in [9.17, 15) is 14.9 Å². The van der Waals surface area contributed by atoms with E-state index in [2.05, 4.69) is 0 Å². The fourth-order valence-electron chi connectivity index (χ4n) is 3.05. The van der Waals surface area contributed by atoms with Gasteiger partial charge in [-0.25, -0.2) is 4.79 Å². The molecule has 25 heavy (non-hydrogen) atoms. The third-order valence-corrected chi connectivity index (χ3v) is 4.33. The molecule has 0 bridgehead atoms. The standard InChI is InChI=1S/C18H24N2O5/c1-13-4-6-15(7-5-13)20-14(2)17(18(21)25-11-10-24-3)9-8-16(20)12-19(22)23/h4-7,16H,8-12H2,1-3H3. The number of aryl methyl sites for hydroxylation is 1. The van der Waals surface area contributed by atoms with Crippen molar-refractivity contribution < 1.29 is 19.2 Å². The number of methoxy groups -OCH3 is 1. The Bertz CT molecular complexity index is 654. The second-order valence-electron chi connectivity index (χ2n) is 6.11. The Hall–Kier alpha value is -2.41. The second kappa shape index (κ2) is 8.62. The summed E-state index contributed by atoms with van der Waals surface area (Å²) >= 11 is 0. The highest BCUT2D eigenvalue weighted by Crippen LogP contribution is 2.33. The lowest BCUT2D eigenvalue weighted by molar-refractivity contribution is -0.482. The van der Waals surface area contributed by atoms with Crippen molar-refractivity contribution in [2.24, 2.45) is 0 Å². The van der Waals surface area contributed by atoms with Crippen molar-refractivity contribution in [2.45, 2.75) is 32.7 Å². The van der Waals surface area contributed by atoms with Crippen LogP contribution >= 0.6 is 0 Å². The molecule has 7 heteroatoms. The summed E-state index contributed by atoms with van der Waals surface area (Å²) in [6.07, 6.45) is 0.999. The highest BCUT2D eigenvalue weighted by Gasteiger charge is 2.33. The van der Waals surface area contributed by atoms with E-state index in [1.165, 1.54) is 0 Å². The maximum absolute atomic E-state index is 12.3. The lowest BCUT2D eigenvalue weighted by atomic mass is 9.95. The highest BCUT2D eigenvalue weighted by atomic mass is 16.6. The molecule has 136 valence electrons. The van der Waals surface area contributed by atoms with Gasteiger partial charge in [0.15, 0.2) is 0 Å². The number of allylic oxidation sites excluding steroid dienone is 1. The SMILES string of the molecule is COCCOC(=O)C1=C(C)N(c2ccc(C)cc2)C(C[N+](=O)[O-])CC1. The summed E-state index contributed by atoms with van der Waals surface area (Å²) in [7, 11) is 1.54. The first-order chi connectivity index (χ1) is 11.9. The Balaban J connectivity index is 2.31. The summed E-state index contributed by atoms with van der Waals surface area (Å²) in [5.41, 5.74) is 3.23. The van der Waals surface area contributed by atoms with Gasteiger partial charge in [-0.1, -0.05) is 17.7 Å². The van der Waals surface area contributed by atoms with Crippen LogP contribution in [0, 0.1) is 17.0 Å². The first-order valence-corrected chi connectivity index (χ1v) is 8.27. The number of carbonyl (C=O) groups is 1. The Morgan fingerprint density at radius 2 is 1.96 bits per heavy atom. The van der Waals surface area contributed by atoms with Gasteiger partial charge >= 0.3 is 5.97 Å². The van der Waals surface area contributed by atoms with E-state index in [1.54, 1.807) is 7.11 Å². The van der Waals surface area contributed by atoms with Crippen molar-refractivity contribution in [2.75, 3.05) is 31.8 Å². The van der Waals surface area contributed by atoms with Crippen molar-refractivity contribution in [3.05, 3.63) is 51.2 Å². The number of esters is 1. The summed E-state index contributed by atoms with van der Waals surface area (Å²) < 4.78 is 10.1. The van der Waals surface area contributed by atoms with Crippen LogP contribution in [-0.4, -0.2) is 43.8 Å². The number of anilines is 1. The van der Waals surface area contributed by atoms with Crippen LogP contribution in [0.4, 0.5) is 5.69 Å². The zero-order valence-electron chi connectivity index (χ0n) is 14.9. The Morgan fingerprint density at radius 1 is 1.28 bits per heavy atom. The van der Waals surface area contributed by atoms with E-state index in [0.29, 0.717) is 30.7 Å². The lowest BCUT2D eigenvalue weighted by Gasteiger charge is -2.37. The van der Waals surface area contributed by atoms with Gasteiger partial charge in [0.1, 0.15) is 6.61 Å². The van der Waals surface area contributed by atoms with Crippen LogP contribution in [0.5, 0.6) is 0 Å². The summed E-state index contributed by atoms with van der Waals surface area (Å²) in [5, 5.41) is 11.1. The zero-order valence-corrected chi connectivity index (χ0v) is 14.9. The quantitative estimate of drug-likeness (QED) is 0.326. The molecule has 0 aliphatic carbocycles. The molecule has 1 atom stereocenters. The molecule has 0 N–H and O–H groups in total.